The summed E-state index contributed by atoms with van der Waals surface area (Å²) < 4.78 is 10.1. The first kappa shape index (κ1) is 42.1. The van der Waals surface area contributed by atoms with Gasteiger partial charge in [-0.2, -0.15) is 0 Å². The van der Waals surface area contributed by atoms with Crippen LogP contribution in [-0.4, -0.2) is 96.8 Å². The number of carbonyl (C=O) groups excluding carboxylic acids is 2. The molecule has 0 radical (unpaired) electrons. The number of alkyl halides is 1. The van der Waals surface area contributed by atoms with Gasteiger partial charge < -0.3 is 45.8 Å². The molecule has 1 amide bonds. The normalized spacial score (nSPS) is 24.3. The van der Waals surface area contributed by atoms with Crippen LogP contribution in [0.5, 0.6) is 0 Å². The van der Waals surface area contributed by atoms with E-state index >= 15 is 0 Å². The molecular weight excluding hydrogens is 657 g/mol. The molecule has 14 heteroatoms. The van der Waals surface area contributed by atoms with E-state index in [1.54, 1.807) is 50.3 Å². The Morgan fingerprint density at radius 2 is 1.62 bits per heavy atom. The first-order chi connectivity index (χ1) is 22.1. The third-order valence-corrected chi connectivity index (χ3v) is 8.48. The predicted molar refractivity (Wildman–Crippen MR) is 177 cm³/mol. The smallest absolute Gasteiger partial charge is 0.405 e. The average Bonchev–Trinajstić information content (AvgIpc) is 3.02. The molecule has 1 fully saturated rings. The number of nitrogens with two attached hydrogens (primary N) is 1. The molecule has 1 aliphatic carbocycles. The van der Waals surface area contributed by atoms with E-state index in [1.807, 2.05) is 6.92 Å². The van der Waals surface area contributed by atoms with E-state index in [1.165, 1.54) is 24.3 Å². The van der Waals surface area contributed by atoms with Crippen LogP contribution < -0.4 is 5.73 Å². The zero-order valence-electron chi connectivity index (χ0n) is 26.6. The number of halogens is 2. The van der Waals surface area contributed by atoms with Crippen molar-refractivity contribution in [3.05, 3.63) is 71.4 Å². The maximum Gasteiger partial charge on any atom is 0.405 e. The number of ether oxygens (including phenoxy) is 2. The maximum atomic E-state index is 12.1. The van der Waals surface area contributed by atoms with Crippen molar-refractivity contribution in [1.29, 1.82) is 0 Å². The lowest BCUT2D eigenvalue weighted by Crippen LogP contribution is -2.45. The number of hydrogen-bond donors (Lipinski definition) is 7. The summed E-state index contributed by atoms with van der Waals surface area (Å²) in [6, 6.07) is 0. The number of hydrogen-bond acceptors (Lipinski definition) is 10. The lowest BCUT2D eigenvalue weighted by molar-refractivity contribution is -0.159. The Kier molecular flexibility index (Phi) is 19.5. The molecule has 1 saturated carbocycles. The first-order valence-electron chi connectivity index (χ1n) is 15.2. The summed E-state index contributed by atoms with van der Waals surface area (Å²) in [5.41, 5.74) is 5.86. The van der Waals surface area contributed by atoms with E-state index in [2.05, 4.69) is 0 Å². The number of aliphatic hydroxyl groups excluding tert-OH is 5. The van der Waals surface area contributed by atoms with E-state index in [-0.39, 0.29) is 17.9 Å². The minimum atomic E-state index is -1.69. The van der Waals surface area contributed by atoms with E-state index < -0.39 is 84.4 Å². The molecule has 0 aromatic rings. The number of primary amides is 1. The van der Waals surface area contributed by atoms with Crippen molar-refractivity contribution < 1.29 is 54.5 Å². The average molecular weight is 705 g/mol. The van der Waals surface area contributed by atoms with Gasteiger partial charge in [0.1, 0.15) is 23.7 Å². The number of aliphatic carboxylic acids is 1. The molecule has 0 aromatic carbocycles. The van der Waals surface area contributed by atoms with Crippen LogP contribution in [0.1, 0.15) is 52.9 Å². The summed E-state index contributed by atoms with van der Waals surface area (Å²) in [6.07, 6.45) is 6.21. The van der Waals surface area contributed by atoms with E-state index in [4.69, 9.17) is 43.5 Å². The number of rotatable bonds is 18. The van der Waals surface area contributed by atoms with E-state index in [9.17, 15) is 39.9 Å². The summed E-state index contributed by atoms with van der Waals surface area (Å²) in [6.45, 7) is 5.18. The van der Waals surface area contributed by atoms with Crippen molar-refractivity contribution in [3.8, 4) is 0 Å². The quantitative estimate of drug-likeness (QED) is 0.0361. The lowest BCUT2D eigenvalue weighted by Gasteiger charge is -2.30. The molecule has 12 nitrogen and oxygen atoms in total. The highest BCUT2D eigenvalue weighted by molar-refractivity contribution is 6.30. The van der Waals surface area contributed by atoms with Crippen molar-refractivity contribution in [2.24, 2.45) is 17.6 Å². The summed E-state index contributed by atoms with van der Waals surface area (Å²) in [5, 5.41) is 60.2. The van der Waals surface area contributed by atoms with Gasteiger partial charge in [-0.25, -0.2) is 9.59 Å². The molecule has 10 unspecified atom stereocenters. The van der Waals surface area contributed by atoms with Gasteiger partial charge in [-0.1, -0.05) is 73.6 Å². The maximum absolute atomic E-state index is 12.1. The number of allylic oxidation sites excluding steroid dienone is 9. The largest absolute Gasteiger partial charge is 0.481 e. The summed E-state index contributed by atoms with van der Waals surface area (Å²) >= 11 is 12.5. The zero-order valence-corrected chi connectivity index (χ0v) is 28.2. The molecule has 264 valence electrons. The van der Waals surface area contributed by atoms with Gasteiger partial charge in [-0.15, -0.1) is 11.6 Å². The molecule has 0 saturated heterocycles. The lowest BCUT2D eigenvalue weighted by atomic mass is 9.85. The highest BCUT2D eigenvalue weighted by Gasteiger charge is 2.36. The highest BCUT2D eigenvalue weighted by atomic mass is 35.5. The van der Waals surface area contributed by atoms with Crippen LogP contribution >= 0.6 is 23.2 Å². The Hall–Kier alpha value is -2.97. The van der Waals surface area contributed by atoms with Gasteiger partial charge in [0.25, 0.3) is 0 Å². The molecular formula is C33H47Cl2NO11. The summed E-state index contributed by atoms with van der Waals surface area (Å²) in [4.78, 5) is 34.4. The Morgan fingerprint density at radius 3 is 2.23 bits per heavy atom. The molecule has 0 spiro atoms. The molecule has 0 heterocycles. The second kappa shape index (κ2) is 21.8. The van der Waals surface area contributed by atoms with Crippen LogP contribution in [0.15, 0.2) is 71.4 Å². The van der Waals surface area contributed by atoms with Crippen LogP contribution in [0, 0.1) is 11.8 Å². The monoisotopic (exact) mass is 703 g/mol. The third-order valence-electron chi connectivity index (χ3n) is 7.47. The van der Waals surface area contributed by atoms with Crippen molar-refractivity contribution in [3.63, 3.8) is 0 Å². The van der Waals surface area contributed by atoms with E-state index in [0.29, 0.717) is 12.8 Å². The van der Waals surface area contributed by atoms with Gasteiger partial charge in [0.2, 0.25) is 0 Å². The van der Waals surface area contributed by atoms with Crippen LogP contribution in [-0.2, 0) is 19.1 Å². The predicted octanol–water partition coefficient (Wildman–Crippen LogP) is 3.39. The van der Waals surface area contributed by atoms with Crippen molar-refractivity contribution >= 4 is 41.2 Å². The van der Waals surface area contributed by atoms with Gasteiger partial charge in [0.05, 0.1) is 30.3 Å². The number of amides is 1. The highest BCUT2D eigenvalue weighted by Crippen LogP contribution is 2.28. The van der Waals surface area contributed by atoms with Crippen LogP contribution in [0.4, 0.5) is 4.79 Å². The molecule has 1 aliphatic rings. The number of aliphatic hydroxyl groups is 5. The molecule has 10 atom stereocenters. The zero-order chi connectivity index (χ0) is 35.7. The second-order valence-corrected chi connectivity index (χ2v) is 12.2. The molecule has 0 aliphatic heterocycles. The summed E-state index contributed by atoms with van der Waals surface area (Å²) in [7, 11) is 0. The Bertz CT molecular complexity index is 1200. The number of esters is 1. The Balaban J connectivity index is 2.65. The van der Waals surface area contributed by atoms with Crippen molar-refractivity contribution in [2.45, 2.75) is 101 Å². The van der Waals surface area contributed by atoms with Crippen LogP contribution in [0.25, 0.3) is 0 Å². The fourth-order valence-corrected chi connectivity index (χ4v) is 5.03. The van der Waals surface area contributed by atoms with Gasteiger partial charge in [-0.05, 0) is 38.3 Å². The molecule has 1 rings (SSSR count). The standard InChI is InChI=1S/C33H47Cl2NO11/c1-4-5-13-26(47-33(36)45)29(35)24(38)18-25(39)31(42)30(41)20(3)22(34)12-8-6-10-19(2)11-7-9-14-28(40)46-27-17-21(32(43)44)15-16-23(27)37/h5-14,20-21,23-27,29-31,37-39,41-42H,4,15-18H2,1-3H3,(H2,36,45)(H,43,44). The fraction of sp³-hybridized carbons (Fsp3) is 0.545. The van der Waals surface area contributed by atoms with Gasteiger partial charge in [0, 0.05) is 29.9 Å². The molecule has 0 bridgehead atoms. The van der Waals surface area contributed by atoms with Crippen LogP contribution in [0.2, 0.25) is 0 Å². The number of carbonyl (C=O) groups is 3. The Morgan fingerprint density at radius 1 is 0.979 bits per heavy atom. The second-order valence-electron chi connectivity index (χ2n) is 11.3. The number of carboxylic acid groups (broad SMARTS) is 1. The third kappa shape index (κ3) is 15.7. The fourth-order valence-electron chi connectivity index (χ4n) is 4.59. The first-order valence-corrected chi connectivity index (χ1v) is 16.1. The molecule has 0 aromatic heterocycles. The molecule has 47 heavy (non-hydrogen) atoms. The SMILES string of the molecule is CCC=CC(OC(N)=O)C(Cl)C(O)CC(O)C(O)C(O)C(C)C(Cl)=CC=CC=C(C)C=CC=CC(=O)OC1CC(C(=O)O)CCC1O. The minimum absolute atomic E-state index is 0.0622. The molecule has 8 N–H and O–H groups in total. The Labute approximate surface area is 285 Å². The minimum Gasteiger partial charge on any atom is -0.481 e. The van der Waals surface area contributed by atoms with Crippen molar-refractivity contribution in [1.82, 2.24) is 0 Å². The van der Waals surface area contributed by atoms with E-state index in [0.717, 1.165) is 5.57 Å². The van der Waals surface area contributed by atoms with Gasteiger partial charge in [-0.3, -0.25) is 4.79 Å². The number of carboxylic acids is 1. The topological polar surface area (TPSA) is 217 Å². The van der Waals surface area contributed by atoms with Crippen LogP contribution in [0.3, 0.4) is 0 Å². The van der Waals surface area contributed by atoms with Gasteiger partial charge in [0.15, 0.2) is 0 Å². The summed E-state index contributed by atoms with van der Waals surface area (Å²) in [5.74, 6) is -3.13. The van der Waals surface area contributed by atoms with Crippen molar-refractivity contribution in [2.75, 3.05) is 0 Å². The van der Waals surface area contributed by atoms with Gasteiger partial charge >= 0.3 is 18.0 Å².